The van der Waals surface area contributed by atoms with E-state index in [2.05, 4.69) is 5.10 Å². The smallest absolute Gasteiger partial charge is 0.274 e. The van der Waals surface area contributed by atoms with Crippen LogP contribution in [0, 0.1) is 0 Å². The minimum Gasteiger partial charge on any atom is -0.463 e. The van der Waals surface area contributed by atoms with Crippen molar-refractivity contribution >= 4 is 17.5 Å². The molecule has 0 radical (unpaired) electrons. The molecule has 0 N–H and O–H groups in total. The number of halogens is 1. The van der Waals surface area contributed by atoms with Crippen molar-refractivity contribution < 1.29 is 13.9 Å². The number of amides is 1. The van der Waals surface area contributed by atoms with Gasteiger partial charge in [-0.15, -0.1) is 0 Å². The molecule has 7 heteroatoms. The van der Waals surface area contributed by atoms with Gasteiger partial charge in [0.05, 0.1) is 30.7 Å². The molecule has 2 aromatic heterocycles. The van der Waals surface area contributed by atoms with Crippen molar-refractivity contribution in [1.82, 2.24) is 14.7 Å². The molecule has 29 heavy (non-hydrogen) atoms. The fourth-order valence-electron chi connectivity index (χ4n) is 4.36. The van der Waals surface area contributed by atoms with Gasteiger partial charge in [0.25, 0.3) is 5.91 Å². The molecule has 1 aliphatic heterocycles. The number of aromatic nitrogens is 2. The summed E-state index contributed by atoms with van der Waals surface area (Å²) in [4.78, 5) is 15.4. The maximum atomic E-state index is 13.4. The van der Waals surface area contributed by atoms with E-state index < -0.39 is 0 Å². The van der Waals surface area contributed by atoms with Crippen LogP contribution in [-0.4, -0.2) is 45.9 Å². The molecule has 1 amide bonds. The van der Waals surface area contributed by atoms with Gasteiger partial charge in [0.1, 0.15) is 5.69 Å². The average molecular weight is 412 g/mol. The Balaban J connectivity index is 1.52. The summed E-state index contributed by atoms with van der Waals surface area (Å²) in [6, 6.07) is 13.0. The largest absolute Gasteiger partial charge is 0.463 e. The molecule has 2 aliphatic rings. The van der Waals surface area contributed by atoms with Crippen LogP contribution in [0.2, 0.25) is 5.02 Å². The predicted molar refractivity (Wildman–Crippen MR) is 109 cm³/mol. The lowest BCUT2D eigenvalue weighted by atomic mass is 9.90. The molecule has 1 saturated carbocycles. The summed E-state index contributed by atoms with van der Waals surface area (Å²) in [5.74, 6) is 0.606. The van der Waals surface area contributed by atoms with Gasteiger partial charge in [-0.25, -0.2) is 4.68 Å². The monoisotopic (exact) mass is 411 g/mol. The Kier molecular flexibility index (Phi) is 4.89. The number of nitrogens with zero attached hydrogens (tertiary/aromatic N) is 3. The number of ether oxygens (including phenoxy) is 1. The standard InChI is InChI=1S/C22H22ClN3O3/c23-15-7-9-16(10-8-15)26-19(21-6-3-12-28-21)14-17(24-26)22(27)25-11-13-29-20-5-2-1-4-18(20)25/h3,6-10,12,14,18,20H,1-2,4-5,11,13H2. The Hall–Kier alpha value is -2.57. The second kappa shape index (κ2) is 7.69. The third-order valence-electron chi connectivity index (χ3n) is 5.77. The van der Waals surface area contributed by atoms with Crippen LogP contribution >= 0.6 is 11.6 Å². The highest BCUT2D eigenvalue weighted by molar-refractivity contribution is 6.30. The van der Waals surface area contributed by atoms with Crippen LogP contribution in [0.1, 0.15) is 36.2 Å². The van der Waals surface area contributed by atoms with Gasteiger partial charge in [-0.3, -0.25) is 4.79 Å². The first-order valence-corrected chi connectivity index (χ1v) is 10.4. The predicted octanol–water partition coefficient (Wildman–Crippen LogP) is 4.57. The molecule has 2 unspecified atom stereocenters. The second-order valence-electron chi connectivity index (χ2n) is 7.54. The topological polar surface area (TPSA) is 60.5 Å². The molecule has 0 spiro atoms. The minimum absolute atomic E-state index is 0.0503. The van der Waals surface area contributed by atoms with E-state index in [0.717, 1.165) is 37.1 Å². The molecule has 2 fully saturated rings. The molecule has 1 aliphatic carbocycles. The summed E-state index contributed by atoms with van der Waals surface area (Å²) in [6.45, 7) is 1.18. The number of hydrogen-bond donors (Lipinski definition) is 0. The first-order chi connectivity index (χ1) is 14.2. The Morgan fingerprint density at radius 2 is 1.97 bits per heavy atom. The molecule has 150 valence electrons. The van der Waals surface area contributed by atoms with Gasteiger partial charge in [0, 0.05) is 17.6 Å². The normalized spacial score (nSPS) is 21.8. The Bertz CT molecular complexity index is 995. The van der Waals surface area contributed by atoms with Gasteiger partial charge in [-0.05, 0) is 49.2 Å². The first-order valence-electron chi connectivity index (χ1n) is 10.0. The number of fused-ring (bicyclic) bond motifs is 1. The lowest BCUT2D eigenvalue weighted by Gasteiger charge is -2.43. The van der Waals surface area contributed by atoms with Crippen molar-refractivity contribution in [1.29, 1.82) is 0 Å². The van der Waals surface area contributed by atoms with E-state index in [-0.39, 0.29) is 18.1 Å². The number of hydrogen-bond acceptors (Lipinski definition) is 4. The number of carbonyl (C=O) groups is 1. The second-order valence-corrected chi connectivity index (χ2v) is 7.98. The van der Waals surface area contributed by atoms with Crippen LogP contribution in [-0.2, 0) is 4.74 Å². The zero-order chi connectivity index (χ0) is 19.8. The highest BCUT2D eigenvalue weighted by Crippen LogP contribution is 2.31. The molecule has 6 nitrogen and oxygen atoms in total. The lowest BCUT2D eigenvalue weighted by molar-refractivity contribution is -0.0754. The molecular formula is C22H22ClN3O3. The maximum absolute atomic E-state index is 13.4. The summed E-state index contributed by atoms with van der Waals surface area (Å²) in [5.41, 5.74) is 1.96. The minimum atomic E-state index is -0.0503. The van der Waals surface area contributed by atoms with Gasteiger partial charge >= 0.3 is 0 Å². The van der Waals surface area contributed by atoms with Crippen LogP contribution in [0.3, 0.4) is 0 Å². The summed E-state index contributed by atoms with van der Waals surface area (Å²) in [6.07, 6.45) is 6.06. The number of benzene rings is 1. The third-order valence-corrected chi connectivity index (χ3v) is 6.02. The zero-order valence-corrected chi connectivity index (χ0v) is 16.7. The Morgan fingerprint density at radius 1 is 1.14 bits per heavy atom. The van der Waals surface area contributed by atoms with Crippen molar-refractivity contribution in [2.75, 3.05) is 13.2 Å². The van der Waals surface area contributed by atoms with E-state index >= 15 is 0 Å². The van der Waals surface area contributed by atoms with E-state index in [1.165, 1.54) is 0 Å². The van der Waals surface area contributed by atoms with Crippen molar-refractivity contribution in [2.45, 2.75) is 37.8 Å². The Labute approximate surface area is 174 Å². The van der Waals surface area contributed by atoms with E-state index in [0.29, 0.717) is 29.6 Å². The summed E-state index contributed by atoms with van der Waals surface area (Å²) in [5, 5.41) is 5.31. The molecule has 5 rings (SSSR count). The van der Waals surface area contributed by atoms with Crippen molar-refractivity contribution in [3.8, 4) is 17.1 Å². The third kappa shape index (κ3) is 3.47. The highest BCUT2D eigenvalue weighted by atomic mass is 35.5. The molecule has 3 aromatic rings. The van der Waals surface area contributed by atoms with Gasteiger partial charge in [-0.1, -0.05) is 24.4 Å². The summed E-state index contributed by atoms with van der Waals surface area (Å²) >= 11 is 6.04. The Morgan fingerprint density at radius 3 is 2.76 bits per heavy atom. The quantitative estimate of drug-likeness (QED) is 0.633. The van der Waals surface area contributed by atoms with Crippen molar-refractivity contribution in [3.05, 3.63) is 59.4 Å². The van der Waals surface area contributed by atoms with Gasteiger partial charge in [0.2, 0.25) is 0 Å². The van der Waals surface area contributed by atoms with E-state index in [1.807, 2.05) is 35.2 Å². The molecule has 1 aromatic carbocycles. The van der Waals surface area contributed by atoms with Crippen LogP contribution in [0.5, 0.6) is 0 Å². The number of morpholine rings is 1. The molecule has 2 atom stereocenters. The lowest BCUT2D eigenvalue weighted by Crippen LogP contribution is -2.54. The fraction of sp³-hybridized carbons (Fsp3) is 0.364. The van der Waals surface area contributed by atoms with Crippen molar-refractivity contribution in [2.24, 2.45) is 0 Å². The van der Waals surface area contributed by atoms with Crippen LogP contribution in [0.15, 0.2) is 53.1 Å². The van der Waals surface area contributed by atoms with E-state index in [4.69, 9.17) is 20.8 Å². The zero-order valence-electron chi connectivity index (χ0n) is 16.0. The summed E-state index contributed by atoms with van der Waals surface area (Å²) in [7, 11) is 0. The fourth-order valence-corrected chi connectivity index (χ4v) is 4.49. The van der Waals surface area contributed by atoms with Crippen LogP contribution in [0.4, 0.5) is 0 Å². The molecular weight excluding hydrogens is 390 g/mol. The van der Waals surface area contributed by atoms with Crippen LogP contribution in [0.25, 0.3) is 17.1 Å². The average Bonchev–Trinajstić information content (AvgIpc) is 3.43. The van der Waals surface area contributed by atoms with Gasteiger partial charge in [-0.2, -0.15) is 5.10 Å². The maximum Gasteiger partial charge on any atom is 0.274 e. The van der Waals surface area contributed by atoms with Crippen LogP contribution < -0.4 is 0 Å². The van der Waals surface area contributed by atoms with E-state index in [9.17, 15) is 4.79 Å². The molecule has 3 heterocycles. The molecule has 0 bridgehead atoms. The molecule has 1 saturated heterocycles. The van der Waals surface area contributed by atoms with Crippen molar-refractivity contribution in [3.63, 3.8) is 0 Å². The number of rotatable bonds is 3. The number of furan rings is 1. The van der Waals surface area contributed by atoms with E-state index in [1.54, 1.807) is 23.1 Å². The summed E-state index contributed by atoms with van der Waals surface area (Å²) < 4.78 is 13.3. The first kappa shape index (κ1) is 18.5. The van der Waals surface area contributed by atoms with Gasteiger partial charge < -0.3 is 14.1 Å². The SMILES string of the molecule is O=C(c1cc(-c2ccco2)n(-c2ccc(Cl)cc2)n1)N1CCOC2CCCCC21. The number of carbonyl (C=O) groups excluding carboxylic acids is 1. The highest BCUT2D eigenvalue weighted by Gasteiger charge is 2.38. The van der Waals surface area contributed by atoms with Gasteiger partial charge in [0.15, 0.2) is 11.5 Å².